The number of aryl methyl sites for hydroxylation is 2. The Labute approximate surface area is 156 Å². The maximum Gasteiger partial charge on any atom is 0.276 e. The summed E-state index contributed by atoms with van der Waals surface area (Å²) in [5, 5.41) is 11.2. The van der Waals surface area contributed by atoms with E-state index >= 15 is 0 Å². The van der Waals surface area contributed by atoms with Gasteiger partial charge in [0.15, 0.2) is 5.69 Å². The molecule has 1 fully saturated rings. The van der Waals surface area contributed by atoms with Crippen LogP contribution in [-0.2, 0) is 13.0 Å². The molecule has 0 aliphatic carbocycles. The maximum atomic E-state index is 13.0. The molecule has 1 aliphatic heterocycles. The van der Waals surface area contributed by atoms with E-state index in [1.54, 1.807) is 28.4 Å². The Morgan fingerprint density at radius 1 is 1.23 bits per heavy atom. The van der Waals surface area contributed by atoms with Gasteiger partial charge >= 0.3 is 0 Å². The normalized spacial score (nSPS) is 17.4. The molecule has 1 saturated heterocycles. The van der Waals surface area contributed by atoms with Gasteiger partial charge in [-0.3, -0.25) is 9.48 Å². The van der Waals surface area contributed by atoms with Crippen molar-refractivity contribution in [2.24, 2.45) is 0 Å². The van der Waals surface area contributed by atoms with Gasteiger partial charge in [-0.15, -0.1) is 16.4 Å². The predicted molar refractivity (Wildman–Crippen MR) is 99.9 cm³/mol. The largest absolute Gasteiger partial charge is 0.328 e. The van der Waals surface area contributed by atoms with E-state index in [2.05, 4.69) is 27.4 Å². The van der Waals surface area contributed by atoms with Gasteiger partial charge in [0.25, 0.3) is 5.91 Å². The number of hydrogen-bond acceptors (Lipinski definition) is 5. The first-order valence-corrected chi connectivity index (χ1v) is 9.83. The summed E-state index contributed by atoms with van der Waals surface area (Å²) in [4.78, 5) is 19.3. The Bertz CT molecular complexity index is 846. The lowest BCUT2D eigenvalue weighted by Gasteiger charge is -2.33. The van der Waals surface area contributed by atoms with E-state index in [9.17, 15) is 4.79 Å². The fourth-order valence-electron chi connectivity index (χ4n) is 3.37. The van der Waals surface area contributed by atoms with Crippen molar-refractivity contribution in [2.45, 2.75) is 38.3 Å². The van der Waals surface area contributed by atoms with Crippen LogP contribution in [0.5, 0.6) is 0 Å². The minimum absolute atomic E-state index is 0.0455. The van der Waals surface area contributed by atoms with Crippen molar-refractivity contribution in [2.75, 3.05) is 6.54 Å². The minimum Gasteiger partial charge on any atom is -0.328 e. The molecule has 3 heterocycles. The van der Waals surface area contributed by atoms with Crippen LogP contribution in [-0.4, -0.2) is 37.3 Å². The Balaban J connectivity index is 1.45. The lowest BCUT2D eigenvalue weighted by molar-refractivity contribution is 0.0605. The van der Waals surface area contributed by atoms with Gasteiger partial charge in [-0.1, -0.05) is 35.5 Å². The van der Waals surface area contributed by atoms with Crippen molar-refractivity contribution in [3.05, 3.63) is 64.4 Å². The lowest BCUT2D eigenvalue weighted by Crippen LogP contribution is -2.38. The summed E-state index contributed by atoms with van der Waals surface area (Å²) in [6.45, 7) is 1.46. The molecule has 0 saturated carbocycles. The third-order valence-electron chi connectivity index (χ3n) is 4.73. The van der Waals surface area contributed by atoms with Gasteiger partial charge in [0.1, 0.15) is 5.01 Å². The fraction of sp³-hybridized carbons (Fsp3) is 0.368. The summed E-state index contributed by atoms with van der Waals surface area (Å²) < 4.78 is 1.75. The number of piperidine rings is 1. The van der Waals surface area contributed by atoms with Crippen LogP contribution in [0.2, 0.25) is 0 Å². The monoisotopic (exact) mass is 367 g/mol. The zero-order valence-corrected chi connectivity index (χ0v) is 15.3. The third kappa shape index (κ3) is 3.67. The smallest absolute Gasteiger partial charge is 0.276 e. The molecular weight excluding hydrogens is 346 g/mol. The van der Waals surface area contributed by atoms with Crippen LogP contribution in [0.25, 0.3) is 0 Å². The van der Waals surface area contributed by atoms with Gasteiger partial charge in [0, 0.05) is 24.7 Å². The van der Waals surface area contributed by atoms with E-state index in [0.29, 0.717) is 12.2 Å². The van der Waals surface area contributed by atoms with Crippen LogP contribution >= 0.6 is 11.3 Å². The fourth-order valence-corrected chi connectivity index (χ4v) is 4.16. The highest BCUT2D eigenvalue weighted by molar-refractivity contribution is 7.09. The van der Waals surface area contributed by atoms with E-state index in [1.807, 2.05) is 28.5 Å². The number of rotatable bonds is 5. The van der Waals surface area contributed by atoms with Crippen molar-refractivity contribution in [3.8, 4) is 0 Å². The van der Waals surface area contributed by atoms with Crippen LogP contribution in [0, 0.1) is 0 Å². The second-order valence-corrected chi connectivity index (χ2v) is 7.41. The predicted octanol–water partition coefficient (Wildman–Crippen LogP) is 3.34. The van der Waals surface area contributed by atoms with Crippen LogP contribution in [0.15, 0.2) is 48.1 Å². The summed E-state index contributed by atoms with van der Waals surface area (Å²) in [6, 6.07) is 10.3. The van der Waals surface area contributed by atoms with E-state index < -0.39 is 0 Å². The number of amides is 1. The minimum atomic E-state index is -0.0455. The molecule has 0 bridgehead atoms. The molecule has 1 amide bonds. The summed E-state index contributed by atoms with van der Waals surface area (Å²) in [5.41, 5.74) is 1.66. The van der Waals surface area contributed by atoms with Crippen molar-refractivity contribution in [3.63, 3.8) is 0 Å². The molecule has 26 heavy (non-hydrogen) atoms. The van der Waals surface area contributed by atoms with Crippen molar-refractivity contribution in [1.29, 1.82) is 0 Å². The quantitative estimate of drug-likeness (QED) is 0.694. The van der Waals surface area contributed by atoms with E-state index in [1.165, 1.54) is 5.56 Å². The zero-order valence-electron chi connectivity index (χ0n) is 14.5. The molecular formula is C19H21N5OS. The van der Waals surface area contributed by atoms with Crippen molar-refractivity contribution < 1.29 is 4.79 Å². The molecule has 0 spiro atoms. The summed E-state index contributed by atoms with van der Waals surface area (Å²) in [5.74, 6) is -0.0455. The van der Waals surface area contributed by atoms with Gasteiger partial charge in [-0.05, 0) is 31.2 Å². The van der Waals surface area contributed by atoms with Crippen LogP contribution in [0.4, 0.5) is 0 Å². The molecule has 7 heteroatoms. The second-order valence-electron chi connectivity index (χ2n) is 6.48. The molecule has 6 nitrogen and oxygen atoms in total. The standard InChI is InChI=1S/C19H21N5OS/c25-19(24-11-5-4-8-17(24)18-20-10-13-26-18)16-14-23(22-21-16)12-9-15-6-2-1-3-7-15/h1-3,6-7,10,13-14,17H,4-5,8-9,11-12H2. The number of thiazole rings is 1. The highest BCUT2D eigenvalue weighted by Gasteiger charge is 2.31. The topological polar surface area (TPSA) is 63.9 Å². The maximum absolute atomic E-state index is 13.0. The molecule has 1 aromatic carbocycles. The van der Waals surface area contributed by atoms with Crippen molar-refractivity contribution in [1.82, 2.24) is 24.9 Å². The van der Waals surface area contributed by atoms with Crippen molar-refractivity contribution >= 4 is 17.2 Å². The van der Waals surface area contributed by atoms with Crippen LogP contribution in [0.1, 0.15) is 46.4 Å². The molecule has 0 radical (unpaired) electrons. The molecule has 3 aromatic rings. The third-order valence-corrected chi connectivity index (χ3v) is 5.61. The molecule has 1 aliphatic rings. The molecule has 2 aromatic heterocycles. The lowest BCUT2D eigenvalue weighted by atomic mass is 10.0. The van der Waals surface area contributed by atoms with Gasteiger partial charge in [0.05, 0.1) is 12.2 Å². The molecule has 1 atom stereocenters. The van der Waals surface area contributed by atoms with Crippen LogP contribution in [0.3, 0.4) is 0 Å². The Morgan fingerprint density at radius 2 is 2.12 bits per heavy atom. The molecule has 4 rings (SSSR count). The average molecular weight is 367 g/mol. The second kappa shape index (κ2) is 7.78. The first-order valence-electron chi connectivity index (χ1n) is 8.95. The Hall–Kier alpha value is -2.54. The van der Waals surface area contributed by atoms with Crippen LogP contribution < -0.4 is 0 Å². The number of hydrogen-bond donors (Lipinski definition) is 0. The van der Waals surface area contributed by atoms with E-state index in [-0.39, 0.29) is 11.9 Å². The van der Waals surface area contributed by atoms with Gasteiger partial charge in [-0.2, -0.15) is 0 Å². The highest BCUT2D eigenvalue weighted by atomic mass is 32.1. The molecule has 1 unspecified atom stereocenters. The average Bonchev–Trinajstić information content (AvgIpc) is 3.39. The molecule has 0 N–H and O–H groups in total. The van der Waals surface area contributed by atoms with Gasteiger partial charge in [-0.25, -0.2) is 4.98 Å². The SMILES string of the molecule is O=C(c1cn(CCc2ccccc2)nn1)N1CCCCC1c1nccs1. The number of nitrogens with zero attached hydrogens (tertiary/aromatic N) is 5. The number of carbonyl (C=O) groups is 1. The summed E-state index contributed by atoms with van der Waals surface area (Å²) in [7, 11) is 0. The summed E-state index contributed by atoms with van der Waals surface area (Å²) in [6.07, 6.45) is 7.54. The number of benzene rings is 1. The first kappa shape index (κ1) is 16.9. The molecule has 134 valence electrons. The first-order chi connectivity index (χ1) is 12.8. The van der Waals surface area contributed by atoms with E-state index in [4.69, 9.17) is 0 Å². The zero-order chi connectivity index (χ0) is 17.8. The number of likely N-dealkylation sites (tertiary alicyclic amines) is 1. The highest BCUT2D eigenvalue weighted by Crippen LogP contribution is 2.32. The number of aromatic nitrogens is 4. The van der Waals surface area contributed by atoms with Gasteiger partial charge < -0.3 is 4.90 Å². The summed E-state index contributed by atoms with van der Waals surface area (Å²) >= 11 is 1.61. The van der Waals surface area contributed by atoms with E-state index in [0.717, 1.165) is 37.2 Å². The Morgan fingerprint density at radius 3 is 2.92 bits per heavy atom. The number of carbonyl (C=O) groups excluding carboxylic acids is 1. The Kier molecular flexibility index (Phi) is 5.06. The van der Waals surface area contributed by atoms with Gasteiger partial charge in [0.2, 0.25) is 0 Å².